The fourth-order valence-corrected chi connectivity index (χ4v) is 4.44. The van der Waals surface area contributed by atoms with Gasteiger partial charge < -0.3 is 24.1 Å². The predicted octanol–water partition coefficient (Wildman–Crippen LogP) is 7.48. The van der Waals surface area contributed by atoms with Crippen LogP contribution in [0.4, 0.5) is 0 Å². The lowest BCUT2D eigenvalue weighted by Gasteiger charge is -2.22. The second-order valence-electron chi connectivity index (χ2n) is 9.55. The van der Waals surface area contributed by atoms with Gasteiger partial charge in [-0.3, -0.25) is 0 Å². The number of rotatable bonds is 12. The summed E-state index contributed by atoms with van der Waals surface area (Å²) in [5.41, 5.74) is 2.79. The van der Waals surface area contributed by atoms with Crippen LogP contribution in [0.3, 0.4) is 0 Å². The topological polar surface area (TPSA) is 57.2 Å². The fourth-order valence-electron chi connectivity index (χ4n) is 4.44. The summed E-state index contributed by atoms with van der Waals surface area (Å²) in [5, 5.41) is 12.6. The van der Waals surface area contributed by atoms with Crippen LogP contribution in [-0.4, -0.2) is 19.3 Å². The molecule has 4 aromatic rings. The number of methoxy groups -OCH3 is 2. The zero-order valence-electron chi connectivity index (χ0n) is 22.1. The zero-order chi connectivity index (χ0) is 26.2. The molecule has 0 aromatic heterocycles. The van der Waals surface area contributed by atoms with Crippen molar-refractivity contribution in [3.05, 3.63) is 95.6 Å². The fraction of sp³-hybridized carbons (Fsp3) is 0.312. The van der Waals surface area contributed by atoms with Gasteiger partial charge in [0.05, 0.1) is 31.1 Å². The number of benzene rings is 4. The highest BCUT2D eigenvalue weighted by atomic mass is 16.5. The third kappa shape index (κ3) is 6.36. The van der Waals surface area contributed by atoms with Crippen molar-refractivity contribution in [2.75, 3.05) is 14.2 Å². The van der Waals surface area contributed by atoms with Crippen LogP contribution in [0.25, 0.3) is 10.8 Å². The molecule has 5 heteroatoms. The average molecular weight is 501 g/mol. The Morgan fingerprint density at radius 3 is 1.68 bits per heavy atom. The van der Waals surface area contributed by atoms with E-state index in [0.717, 1.165) is 28.3 Å². The minimum absolute atomic E-state index is 0.395. The van der Waals surface area contributed by atoms with Crippen LogP contribution in [0.2, 0.25) is 0 Å². The van der Waals surface area contributed by atoms with Crippen LogP contribution >= 0.6 is 0 Å². The number of aliphatic hydroxyl groups excluding tert-OH is 1. The summed E-state index contributed by atoms with van der Waals surface area (Å²) in [5.74, 6) is 2.94. The van der Waals surface area contributed by atoms with E-state index in [1.807, 2.05) is 78.9 Å². The second-order valence-corrected chi connectivity index (χ2v) is 9.55. The van der Waals surface area contributed by atoms with E-state index < -0.39 is 6.10 Å². The van der Waals surface area contributed by atoms with Crippen LogP contribution in [-0.2, 0) is 13.2 Å². The van der Waals surface area contributed by atoms with Crippen molar-refractivity contribution in [1.29, 1.82) is 0 Å². The lowest BCUT2D eigenvalue weighted by atomic mass is 9.95. The lowest BCUT2D eigenvalue weighted by molar-refractivity contribution is 0.155. The van der Waals surface area contributed by atoms with Crippen molar-refractivity contribution in [2.45, 2.75) is 46.0 Å². The summed E-state index contributed by atoms with van der Waals surface area (Å²) >= 11 is 0. The first kappa shape index (κ1) is 26.4. The van der Waals surface area contributed by atoms with E-state index in [2.05, 4.69) is 13.8 Å². The molecule has 194 valence electrons. The van der Waals surface area contributed by atoms with E-state index in [0.29, 0.717) is 54.1 Å². The van der Waals surface area contributed by atoms with Gasteiger partial charge in [0.25, 0.3) is 0 Å². The maximum atomic E-state index is 11.2. The van der Waals surface area contributed by atoms with Gasteiger partial charge in [-0.15, -0.1) is 0 Å². The van der Waals surface area contributed by atoms with Crippen molar-refractivity contribution in [3.8, 4) is 23.0 Å². The van der Waals surface area contributed by atoms with Gasteiger partial charge in [0.15, 0.2) is 0 Å². The summed E-state index contributed by atoms with van der Waals surface area (Å²) < 4.78 is 24.4. The Morgan fingerprint density at radius 2 is 1.19 bits per heavy atom. The molecule has 0 aliphatic carbocycles. The van der Waals surface area contributed by atoms with Crippen LogP contribution in [0, 0.1) is 5.92 Å². The van der Waals surface area contributed by atoms with Crippen molar-refractivity contribution in [2.24, 2.45) is 5.92 Å². The third-order valence-electron chi connectivity index (χ3n) is 6.43. The van der Waals surface area contributed by atoms with Gasteiger partial charge >= 0.3 is 0 Å². The van der Waals surface area contributed by atoms with E-state index in [1.54, 1.807) is 14.2 Å². The Hall–Kier alpha value is -3.70. The smallest absolute Gasteiger partial charge is 0.136 e. The third-order valence-corrected chi connectivity index (χ3v) is 6.43. The molecule has 5 nitrogen and oxygen atoms in total. The molecule has 1 atom stereocenters. The largest absolute Gasteiger partial charge is 0.496 e. The molecule has 1 unspecified atom stereocenters. The highest BCUT2D eigenvalue weighted by Crippen LogP contribution is 2.48. The minimum Gasteiger partial charge on any atom is -0.496 e. The van der Waals surface area contributed by atoms with Crippen LogP contribution in [0.5, 0.6) is 23.0 Å². The van der Waals surface area contributed by atoms with Gasteiger partial charge in [-0.1, -0.05) is 74.5 Å². The van der Waals surface area contributed by atoms with E-state index in [-0.39, 0.29) is 0 Å². The number of ether oxygens (including phenoxy) is 4. The quantitative estimate of drug-likeness (QED) is 0.218. The molecule has 37 heavy (non-hydrogen) atoms. The highest BCUT2D eigenvalue weighted by molar-refractivity contribution is 6.03. The molecule has 0 saturated carbocycles. The van der Waals surface area contributed by atoms with E-state index >= 15 is 0 Å². The molecule has 0 spiro atoms. The maximum Gasteiger partial charge on any atom is 0.136 e. The molecule has 0 fully saturated rings. The standard InChI is InChI=1S/C32H36O5/c1-22(2)15-16-26(33)25-19-29(34-3)30-27(36-20-23-11-7-5-8-12-23)17-18-28(31(30)32(25)35-4)37-21-24-13-9-6-10-14-24/h5-14,17-19,22,26,33H,15-16,20-21H2,1-4H3. The molecule has 4 aromatic carbocycles. The lowest BCUT2D eigenvalue weighted by Crippen LogP contribution is -2.06. The highest BCUT2D eigenvalue weighted by Gasteiger charge is 2.25. The molecule has 0 heterocycles. The average Bonchev–Trinajstić information content (AvgIpc) is 2.93. The molecule has 1 N–H and O–H groups in total. The van der Waals surface area contributed by atoms with Gasteiger partial charge in [-0.2, -0.15) is 0 Å². The van der Waals surface area contributed by atoms with Crippen molar-refractivity contribution in [1.82, 2.24) is 0 Å². The Bertz CT molecular complexity index is 1290. The molecule has 0 saturated heterocycles. The SMILES string of the molecule is COc1cc(C(O)CCC(C)C)c(OC)c2c(OCc3ccccc3)ccc(OCc3ccccc3)c12. The van der Waals surface area contributed by atoms with Crippen molar-refractivity contribution in [3.63, 3.8) is 0 Å². The van der Waals surface area contributed by atoms with Gasteiger partial charge in [0, 0.05) is 5.56 Å². The molecule has 0 aliphatic rings. The van der Waals surface area contributed by atoms with Crippen molar-refractivity contribution < 1.29 is 24.1 Å². The maximum absolute atomic E-state index is 11.2. The first-order valence-electron chi connectivity index (χ1n) is 12.7. The first-order valence-corrected chi connectivity index (χ1v) is 12.7. The first-order chi connectivity index (χ1) is 18.0. The van der Waals surface area contributed by atoms with Crippen LogP contribution < -0.4 is 18.9 Å². The van der Waals surface area contributed by atoms with Gasteiger partial charge in [0.1, 0.15) is 36.2 Å². The Kier molecular flexibility index (Phi) is 8.91. The van der Waals surface area contributed by atoms with Crippen LogP contribution in [0.15, 0.2) is 78.9 Å². The summed E-state index contributed by atoms with van der Waals surface area (Å²) in [7, 11) is 3.25. The number of fused-ring (bicyclic) bond motifs is 1. The summed E-state index contributed by atoms with van der Waals surface area (Å²) in [6.45, 7) is 5.10. The number of hydrogen-bond donors (Lipinski definition) is 1. The van der Waals surface area contributed by atoms with E-state index in [4.69, 9.17) is 18.9 Å². The van der Waals surface area contributed by atoms with E-state index in [9.17, 15) is 5.11 Å². The van der Waals surface area contributed by atoms with Crippen LogP contribution in [0.1, 0.15) is 49.5 Å². The summed E-state index contributed by atoms with van der Waals surface area (Å²) in [4.78, 5) is 0. The predicted molar refractivity (Wildman–Crippen MR) is 148 cm³/mol. The number of aliphatic hydroxyl groups is 1. The van der Waals surface area contributed by atoms with Crippen molar-refractivity contribution >= 4 is 10.8 Å². The zero-order valence-corrected chi connectivity index (χ0v) is 22.1. The Labute approximate surface area is 219 Å². The molecule has 0 amide bonds. The molecular formula is C32H36O5. The molecular weight excluding hydrogens is 464 g/mol. The Balaban J connectivity index is 1.82. The minimum atomic E-state index is -0.702. The molecule has 4 rings (SSSR count). The van der Waals surface area contributed by atoms with Gasteiger partial charge in [0.2, 0.25) is 0 Å². The molecule has 0 aliphatic heterocycles. The monoisotopic (exact) mass is 500 g/mol. The molecule has 0 radical (unpaired) electrons. The normalized spacial score (nSPS) is 11.9. The molecule has 0 bridgehead atoms. The van der Waals surface area contributed by atoms with E-state index in [1.165, 1.54) is 0 Å². The van der Waals surface area contributed by atoms with Gasteiger partial charge in [-0.25, -0.2) is 0 Å². The second kappa shape index (κ2) is 12.5. The summed E-state index contributed by atoms with van der Waals surface area (Å²) in [6.07, 6.45) is 0.807. The Morgan fingerprint density at radius 1 is 0.649 bits per heavy atom. The summed E-state index contributed by atoms with van der Waals surface area (Å²) in [6, 6.07) is 25.7. The van der Waals surface area contributed by atoms with Gasteiger partial charge in [-0.05, 0) is 48.1 Å². The number of hydrogen-bond acceptors (Lipinski definition) is 5.